The molecule has 55 heavy (non-hydrogen) atoms. The zero-order chi connectivity index (χ0) is 36.3. The van der Waals surface area contributed by atoms with Gasteiger partial charge in [0.15, 0.2) is 0 Å². The molecular formula is C54H36O. The van der Waals surface area contributed by atoms with Crippen LogP contribution in [0.3, 0.4) is 0 Å². The largest absolute Gasteiger partial charge is 0.484 e. The van der Waals surface area contributed by atoms with Gasteiger partial charge in [0.05, 0.1) is 0 Å². The minimum atomic E-state index is 0.0305. The van der Waals surface area contributed by atoms with E-state index in [4.69, 9.17) is 4.74 Å². The highest BCUT2D eigenvalue weighted by molar-refractivity contribution is 6.22. The highest BCUT2D eigenvalue weighted by Gasteiger charge is 2.34. The fourth-order valence-corrected chi connectivity index (χ4v) is 8.99. The number of benzene rings is 9. The summed E-state index contributed by atoms with van der Waals surface area (Å²) >= 11 is 0. The van der Waals surface area contributed by atoms with E-state index in [0.717, 1.165) is 5.75 Å². The Bertz CT molecular complexity index is 2970. The summed E-state index contributed by atoms with van der Waals surface area (Å²) < 4.78 is 6.62. The van der Waals surface area contributed by atoms with Crippen LogP contribution in [-0.4, -0.2) is 6.10 Å². The smallest absolute Gasteiger partial charge is 0.132 e. The van der Waals surface area contributed by atoms with Crippen molar-refractivity contribution >= 4 is 32.3 Å². The minimum absolute atomic E-state index is 0.0305. The van der Waals surface area contributed by atoms with Crippen LogP contribution >= 0.6 is 0 Å². The van der Waals surface area contributed by atoms with Crippen molar-refractivity contribution in [3.8, 4) is 61.4 Å². The van der Waals surface area contributed by atoms with Crippen LogP contribution < -0.4 is 4.74 Å². The van der Waals surface area contributed by atoms with Crippen LogP contribution in [0.25, 0.3) is 88.0 Å². The minimum Gasteiger partial charge on any atom is -0.484 e. The van der Waals surface area contributed by atoms with Crippen LogP contribution in [0.5, 0.6) is 5.75 Å². The van der Waals surface area contributed by atoms with E-state index in [-0.39, 0.29) is 12.0 Å². The first kappa shape index (κ1) is 31.6. The molecule has 1 nitrogen and oxygen atoms in total. The highest BCUT2D eigenvalue weighted by atomic mass is 16.5. The van der Waals surface area contributed by atoms with Crippen molar-refractivity contribution in [1.29, 1.82) is 0 Å². The molecule has 0 saturated heterocycles. The molecule has 0 radical (unpaired) electrons. The fraction of sp³-hybridized carbons (Fsp3) is 0.0370. The van der Waals surface area contributed by atoms with Gasteiger partial charge in [-0.05, 0) is 101 Å². The van der Waals surface area contributed by atoms with Crippen molar-refractivity contribution in [2.24, 2.45) is 0 Å². The van der Waals surface area contributed by atoms with Gasteiger partial charge in [0.1, 0.15) is 11.9 Å². The number of hydrogen-bond donors (Lipinski definition) is 0. The second kappa shape index (κ2) is 12.9. The highest BCUT2D eigenvalue weighted by Crippen LogP contribution is 2.50. The predicted molar refractivity (Wildman–Crippen MR) is 232 cm³/mol. The van der Waals surface area contributed by atoms with Gasteiger partial charge in [0.25, 0.3) is 0 Å². The summed E-state index contributed by atoms with van der Waals surface area (Å²) in [6.45, 7) is 0. The van der Waals surface area contributed by atoms with Crippen molar-refractivity contribution in [3.05, 3.63) is 212 Å². The number of allylic oxidation sites excluding steroid dienone is 2. The zero-order valence-corrected chi connectivity index (χ0v) is 30.2. The van der Waals surface area contributed by atoms with E-state index >= 15 is 0 Å². The summed E-state index contributed by atoms with van der Waals surface area (Å²) in [5, 5.41) is 7.35. The van der Waals surface area contributed by atoms with Crippen LogP contribution in [0, 0.1) is 0 Å². The molecule has 0 aromatic heterocycles. The van der Waals surface area contributed by atoms with E-state index in [9.17, 15) is 0 Å². The number of ether oxygens (including phenoxy) is 1. The summed E-state index contributed by atoms with van der Waals surface area (Å²) in [6.07, 6.45) is 8.75. The van der Waals surface area contributed by atoms with E-state index in [2.05, 4.69) is 206 Å². The zero-order valence-electron chi connectivity index (χ0n) is 30.2. The number of fused-ring (bicyclic) bond motifs is 7. The molecule has 11 rings (SSSR count). The van der Waals surface area contributed by atoms with Crippen LogP contribution in [0.1, 0.15) is 11.5 Å². The van der Waals surface area contributed by atoms with Crippen molar-refractivity contribution in [2.45, 2.75) is 12.0 Å². The van der Waals surface area contributed by atoms with Gasteiger partial charge in [-0.3, -0.25) is 0 Å². The number of hydrogen-bond acceptors (Lipinski definition) is 1. The van der Waals surface area contributed by atoms with Crippen LogP contribution in [-0.2, 0) is 0 Å². The Labute approximate surface area is 321 Å². The van der Waals surface area contributed by atoms with Gasteiger partial charge < -0.3 is 4.74 Å². The van der Waals surface area contributed by atoms with Gasteiger partial charge in [0.2, 0.25) is 0 Å². The predicted octanol–water partition coefficient (Wildman–Crippen LogP) is 14.5. The molecule has 0 spiro atoms. The molecule has 1 aliphatic heterocycles. The molecule has 2 aliphatic rings. The van der Waals surface area contributed by atoms with E-state index in [0.29, 0.717) is 0 Å². The molecule has 1 aliphatic carbocycles. The van der Waals surface area contributed by atoms with Crippen molar-refractivity contribution in [3.63, 3.8) is 0 Å². The molecule has 1 heterocycles. The maximum absolute atomic E-state index is 6.62. The Balaban J connectivity index is 1.17. The monoisotopic (exact) mass is 700 g/mol. The number of rotatable bonds is 5. The normalized spacial score (nSPS) is 15.6. The van der Waals surface area contributed by atoms with Gasteiger partial charge in [-0.25, -0.2) is 0 Å². The summed E-state index contributed by atoms with van der Waals surface area (Å²) in [5.74, 6) is 1.22. The van der Waals surface area contributed by atoms with E-state index in [1.54, 1.807) is 0 Å². The lowest BCUT2D eigenvalue weighted by atomic mass is 9.83. The Morgan fingerprint density at radius 3 is 1.40 bits per heavy atom. The Morgan fingerprint density at radius 1 is 0.327 bits per heavy atom. The SMILES string of the molecule is C1=CC2Oc3c(cc(-c4ccc5c(-c6ccc(-c7ccccc7)cc6)c6ccccc6c(-c6ccc(-c7ccccc7)cc6)c5c4)c4ccccc34)C2C=C1. The third kappa shape index (κ3) is 5.23. The van der Waals surface area contributed by atoms with Gasteiger partial charge in [-0.15, -0.1) is 0 Å². The van der Waals surface area contributed by atoms with E-state index < -0.39 is 0 Å². The quantitative estimate of drug-likeness (QED) is 0.162. The van der Waals surface area contributed by atoms with Crippen molar-refractivity contribution in [1.82, 2.24) is 0 Å². The lowest BCUT2D eigenvalue weighted by Gasteiger charge is -2.20. The maximum Gasteiger partial charge on any atom is 0.132 e. The average Bonchev–Trinajstić information content (AvgIpc) is 3.65. The second-order valence-electron chi connectivity index (χ2n) is 14.7. The molecule has 0 fully saturated rings. The Kier molecular flexibility index (Phi) is 7.38. The molecule has 0 N–H and O–H groups in total. The molecule has 0 saturated carbocycles. The van der Waals surface area contributed by atoms with Crippen molar-refractivity contribution in [2.75, 3.05) is 0 Å². The summed E-state index contributed by atoms with van der Waals surface area (Å²) in [7, 11) is 0. The Hall–Kier alpha value is -6.96. The van der Waals surface area contributed by atoms with E-state index in [1.165, 1.54) is 93.5 Å². The fourth-order valence-electron chi connectivity index (χ4n) is 8.99. The molecule has 1 heteroatoms. The van der Waals surface area contributed by atoms with Gasteiger partial charge >= 0.3 is 0 Å². The first-order chi connectivity index (χ1) is 27.3. The molecular weight excluding hydrogens is 665 g/mol. The van der Waals surface area contributed by atoms with Crippen LogP contribution in [0.2, 0.25) is 0 Å². The molecule has 258 valence electrons. The first-order valence-electron chi connectivity index (χ1n) is 19.2. The summed E-state index contributed by atoms with van der Waals surface area (Å²) in [4.78, 5) is 0. The summed E-state index contributed by atoms with van der Waals surface area (Å²) in [6, 6.07) is 66.7. The average molecular weight is 701 g/mol. The summed E-state index contributed by atoms with van der Waals surface area (Å²) in [5.41, 5.74) is 13.5. The van der Waals surface area contributed by atoms with Gasteiger partial charge in [-0.1, -0.05) is 188 Å². The third-order valence-electron chi connectivity index (χ3n) is 11.6. The first-order valence-corrected chi connectivity index (χ1v) is 19.2. The van der Waals surface area contributed by atoms with Crippen LogP contribution in [0.15, 0.2) is 206 Å². The molecule has 9 aromatic rings. The standard InChI is InChI=1S/C54H36O/c1-3-13-35(14-4-1)37-23-27-39(28-24-37)52-44-19-8-9-20-45(44)53(40-29-25-38(26-30-40)36-15-5-2-6-16-36)49-33-41(31-32-46(49)52)48-34-50-43-18-11-12-22-51(43)55-54(50)47-21-10-7-17-42(47)48/h1-34,43,51H. The third-order valence-corrected chi connectivity index (χ3v) is 11.6. The van der Waals surface area contributed by atoms with Crippen LogP contribution in [0.4, 0.5) is 0 Å². The maximum atomic E-state index is 6.62. The molecule has 2 atom stereocenters. The second-order valence-corrected chi connectivity index (χ2v) is 14.7. The molecule has 9 aromatic carbocycles. The topological polar surface area (TPSA) is 9.23 Å². The molecule has 0 bridgehead atoms. The van der Waals surface area contributed by atoms with Crippen molar-refractivity contribution < 1.29 is 4.74 Å². The molecule has 0 amide bonds. The lowest BCUT2D eigenvalue weighted by Crippen LogP contribution is -2.15. The van der Waals surface area contributed by atoms with Gasteiger partial charge in [0, 0.05) is 16.9 Å². The van der Waals surface area contributed by atoms with E-state index in [1.807, 2.05) is 0 Å². The van der Waals surface area contributed by atoms with Gasteiger partial charge in [-0.2, -0.15) is 0 Å². The Morgan fingerprint density at radius 2 is 0.782 bits per heavy atom. The lowest BCUT2D eigenvalue weighted by molar-refractivity contribution is 0.271. The molecule has 2 unspecified atom stereocenters.